The zero-order valence-electron chi connectivity index (χ0n) is 5.00. The molecule has 6 nitrogen and oxygen atoms in total. The van der Waals surface area contributed by atoms with Crippen LogP contribution in [0.5, 0.6) is 0 Å². The van der Waals surface area contributed by atoms with E-state index in [0.29, 0.717) is 0 Å². The van der Waals surface area contributed by atoms with Crippen LogP contribution >= 0.6 is 17.0 Å². The van der Waals surface area contributed by atoms with E-state index in [1.54, 1.807) is 0 Å². The van der Waals surface area contributed by atoms with Gasteiger partial charge in [-0.15, -0.1) is 17.0 Å². The Morgan fingerprint density at radius 1 is 0.375 bits per heavy atom. The number of hydrogen-bond donors (Lipinski definition) is 6. The van der Waals surface area contributed by atoms with E-state index in [1.165, 1.54) is 0 Å². The smallest absolute Gasteiger partial charge is 0 e. The van der Waals surface area contributed by atoms with Crippen LogP contribution in [0, 0.1) is 0 Å². The molecule has 0 saturated carbocycles. The van der Waals surface area contributed by atoms with E-state index >= 15 is 0 Å². The maximum atomic E-state index is 0. The predicted molar refractivity (Wildman–Crippen MR) is 40.5 cm³/mol. The van der Waals surface area contributed by atoms with Crippen LogP contribution in [-0.4, -0.2) is 0 Å². The second-order valence-corrected chi connectivity index (χ2v) is 0. The van der Waals surface area contributed by atoms with Crippen molar-refractivity contribution in [3.8, 4) is 0 Å². The van der Waals surface area contributed by atoms with E-state index < -0.39 is 0 Å². The first-order chi connectivity index (χ1) is 0. The first-order valence-electron chi connectivity index (χ1n) is 0. The minimum absolute atomic E-state index is 0. The molecule has 0 atom stereocenters. The molecule has 0 rings (SSSR count). The summed E-state index contributed by atoms with van der Waals surface area (Å²) in [5, 5.41) is 0. The molecule has 64 valence electrons. The molecule has 0 aliphatic heterocycles. The number of hydrogen-bond acceptors (Lipinski definition) is 6. The van der Waals surface area contributed by atoms with Gasteiger partial charge in [0, 0.05) is 19.5 Å². The standard InChI is InChI=1S/BrH.6H3N.Ru/h1H;6*1H3;. The van der Waals surface area contributed by atoms with Crippen molar-refractivity contribution in [2.24, 2.45) is 0 Å². The molecule has 0 aromatic rings. The van der Waals surface area contributed by atoms with Crippen molar-refractivity contribution in [1.82, 2.24) is 36.9 Å². The van der Waals surface area contributed by atoms with E-state index in [1.807, 2.05) is 0 Å². The van der Waals surface area contributed by atoms with Crippen LogP contribution in [0.4, 0.5) is 0 Å². The predicted octanol–water partition coefficient (Wildman–Crippen LogP) is 1.55. The van der Waals surface area contributed by atoms with Crippen molar-refractivity contribution in [2.45, 2.75) is 0 Å². The van der Waals surface area contributed by atoms with E-state index in [-0.39, 0.29) is 73.4 Å². The summed E-state index contributed by atoms with van der Waals surface area (Å²) in [4.78, 5) is 0. The van der Waals surface area contributed by atoms with Gasteiger partial charge in [0.05, 0.1) is 0 Å². The Hall–Kier alpha value is 0.863. The molecular weight excluding hydrogens is 265 g/mol. The first-order valence-corrected chi connectivity index (χ1v) is 0. The monoisotopic (exact) mass is 284 g/mol. The summed E-state index contributed by atoms with van der Waals surface area (Å²) >= 11 is 0. The second-order valence-electron chi connectivity index (χ2n) is 0. The van der Waals surface area contributed by atoms with Crippen molar-refractivity contribution >= 4 is 17.0 Å². The van der Waals surface area contributed by atoms with Gasteiger partial charge in [0.15, 0.2) is 0 Å². The van der Waals surface area contributed by atoms with Gasteiger partial charge >= 0.3 is 0 Å². The largest absolute Gasteiger partial charge is 0.344 e. The molecule has 8 heteroatoms. The molecule has 0 aromatic heterocycles. The summed E-state index contributed by atoms with van der Waals surface area (Å²) in [7, 11) is 0. The molecule has 0 heterocycles. The van der Waals surface area contributed by atoms with Gasteiger partial charge in [-0.1, -0.05) is 0 Å². The van der Waals surface area contributed by atoms with Gasteiger partial charge in [-0.2, -0.15) is 0 Å². The van der Waals surface area contributed by atoms with Crippen molar-refractivity contribution in [3.63, 3.8) is 0 Å². The summed E-state index contributed by atoms with van der Waals surface area (Å²) in [6.07, 6.45) is 0. The summed E-state index contributed by atoms with van der Waals surface area (Å²) in [5.41, 5.74) is 0. The van der Waals surface area contributed by atoms with Gasteiger partial charge in [-0.3, -0.25) is 0 Å². The van der Waals surface area contributed by atoms with Crippen molar-refractivity contribution < 1.29 is 19.5 Å². The Labute approximate surface area is 73.6 Å². The molecule has 18 N–H and O–H groups in total. The Morgan fingerprint density at radius 3 is 0.375 bits per heavy atom. The molecule has 0 amide bonds. The fourth-order valence-electron chi connectivity index (χ4n) is 0. The normalized spacial score (nSPS) is 0. The van der Waals surface area contributed by atoms with E-state index in [4.69, 9.17) is 0 Å². The topological polar surface area (TPSA) is 210 Å². The quantitative estimate of drug-likeness (QED) is 0.363. The third kappa shape index (κ3) is 317. The van der Waals surface area contributed by atoms with Crippen LogP contribution in [-0.2, 0) is 19.5 Å². The third-order valence-corrected chi connectivity index (χ3v) is 0. The molecule has 0 fully saturated rings. The molecule has 0 spiro atoms. The second kappa shape index (κ2) is 497. The number of halogens is 1. The zero-order chi connectivity index (χ0) is 0. The Balaban J connectivity index is 0. The Bertz CT molecular complexity index is 8.49. The minimum atomic E-state index is 0. The van der Waals surface area contributed by atoms with Crippen LogP contribution in [0.1, 0.15) is 0 Å². The van der Waals surface area contributed by atoms with Crippen LogP contribution in [0.15, 0.2) is 0 Å². The van der Waals surface area contributed by atoms with Gasteiger partial charge < -0.3 is 36.9 Å². The SMILES string of the molecule is Br.N.N.N.N.N.N.[Ru]. The molecule has 0 aliphatic carbocycles. The Kier molecular flexibility index (Phi) is 45700. The van der Waals surface area contributed by atoms with Crippen LogP contribution in [0.2, 0.25) is 0 Å². The molecule has 0 aromatic carbocycles. The summed E-state index contributed by atoms with van der Waals surface area (Å²) in [5.74, 6) is 0. The fraction of sp³-hybridized carbons (Fsp3) is 0. The van der Waals surface area contributed by atoms with Gasteiger partial charge in [0.1, 0.15) is 0 Å². The van der Waals surface area contributed by atoms with Gasteiger partial charge in [-0.05, 0) is 0 Å². The van der Waals surface area contributed by atoms with Gasteiger partial charge in [-0.25, -0.2) is 0 Å². The summed E-state index contributed by atoms with van der Waals surface area (Å²) < 4.78 is 0. The van der Waals surface area contributed by atoms with Crippen molar-refractivity contribution in [3.05, 3.63) is 0 Å². The maximum absolute atomic E-state index is 0. The molecule has 0 aliphatic rings. The maximum Gasteiger partial charge on any atom is 0 e. The van der Waals surface area contributed by atoms with Crippen molar-refractivity contribution in [2.75, 3.05) is 0 Å². The molecular formula is H19BrN6Ru. The van der Waals surface area contributed by atoms with Crippen molar-refractivity contribution in [1.29, 1.82) is 0 Å². The van der Waals surface area contributed by atoms with Crippen LogP contribution < -0.4 is 36.9 Å². The average molecular weight is 284 g/mol. The minimum Gasteiger partial charge on any atom is -0.344 e. The van der Waals surface area contributed by atoms with E-state index in [2.05, 4.69) is 0 Å². The number of rotatable bonds is 0. The summed E-state index contributed by atoms with van der Waals surface area (Å²) in [6, 6.07) is 0. The van der Waals surface area contributed by atoms with E-state index in [0.717, 1.165) is 0 Å². The molecule has 0 radical (unpaired) electrons. The van der Waals surface area contributed by atoms with Crippen LogP contribution in [0.3, 0.4) is 0 Å². The first kappa shape index (κ1) is 735. The fourth-order valence-corrected chi connectivity index (χ4v) is 0. The average Bonchev–Trinajstić information content (AvgIpc) is 0. The molecule has 8 heavy (non-hydrogen) atoms. The molecule has 0 saturated heterocycles. The third-order valence-electron chi connectivity index (χ3n) is 0. The van der Waals surface area contributed by atoms with E-state index in [9.17, 15) is 0 Å². The zero-order valence-corrected chi connectivity index (χ0v) is 8.46. The van der Waals surface area contributed by atoms with Gasteiger partial charge in [0.2, 0.25) is 0 Å². The van der Waals surface area contributed by atoms with Crippen LogP contribution in [0.25, 0.3) is 0 Å². The van der Waals surface area contributed by atoms with Gasteiger partial charge in [0.25, 0.3) is 0 Å². The molecule has 0 bridgehead atoms. The molecule has 0 unspecified atom stereocenters. The Morgan fingerprint density at radius 2 is 0.375 bits per heavy atom. The summed E-state index contributed by atoms with van der Waals surface area (Å²) in [6.45, 7) is 0.